The molecule has 2 aromatic carbocycles. The molecule has 0 bridgehead atoms. The molecule has 2 aromatic heterocycles. The second-order valence-corrected chi connectivity index (χ2v) is 5.87. The fourth-order valence-electron chi connectivity index (χ4n) is 2.80. The number of methoxy groups -OCH3 is 2. The van der Waals surface area contributed by atoms with E-state index in [4.69, 9.17) is 9.47 Å². The van der Waals surface area contributed by atoms with Crippen LogP contribution >= 0.6 is 0 Å². The monoisotopic (exact) mass is 374 g/mol. The summed E-state index contributed by atoms with van der Waals surface area (Å²) < 4.78 is 10.6. The topological polar surface area (TPSA) is 94.1 Å². The van der Waals surface area contributed by atoms with E-state index in [2.05, 4.69) is 30.8 Å². The Labute approximate surface area is 161 Å². The smallest absolute Gasteiger partial charge is 0.249 e. The minimum Gasteiger partial charge on any atom is -0.493 e. The number of nitrogens with zero attached hydrogens (tertiary/aromatic N) is 4. The molecule has 0 aliphatic heterocycles. The van der Waals surface area contributed by atoms with E-state index >= 15 is 0 Å². The molecule has 0 spiro atoms. The number of aromatic nitrogens is 4. The zero-order valence-electron chi connectivity index (χ0n) is 15.4. The predicted molar refractivity (Wildman–Crippen MR) is 108 cm³/mol. The van der Waals surface area contributed by atoms with E-state index in [-0.39, 0.29) is 0 Å². The molecule has 0 saturated carbocycles. The van der Waals surface area contributed by atoms with Crippen molar-refractivity contribution in [2.24, 2.45) is 0 Å². The van der Waals surface area contributed by atoms with Gasteiger partial charge in [0.25, 0.3) is 0 Å². The van der Waals surface area contributed by atoms with Gasteiger partial charge in [0.1, 0.15) is 0 Å². The molecular formula is C20H18N6O2. The number of para-hydroxylation sites is 1. The second-order valence-electron chi connectivity index (χ2n) is 5.87. The Balaban J connectivity index is 1.58. The van der Waals surface area contributed by atoms with Crippen LogP contribution in [0.3, 0.4) is 0 Å². The van der Waals surface area contributed by atoms with Gasteiger partial charge in [-0.1, -0.05) is 18.2 Å². The van der Waals surface area contributed by atoms with Crippen molar-refractivity contribution in [2.45, 2.75) is 0 Å². The van der Waals surface area contributed by atoms with Crippen LogP contribution in [0, 0.1) is 0 Å². The lowest BCUT2D eigenvalue weighted by Crippen LogP contribution is -2.03. The Hall–Kier alpha value is -3.94. The minimum absolute atomic E-state index is 0.352. The molecule has 0 aliphatic rings. The Kier molecular flexibility index (Phi) is 4.83. The minimum atomic E-state index is 0.352. The van der Waals surface area contributed by atoms with E-state index in [9.17, 15) is 0 Å². The quantitative estimate of drug-likeness (QED) is 0.524. The van der Waals surface area contributed by atoms with Crippen LogP contribution in [0.15, 0.2) is 60.9 Å². The van der Waals surface area contributed by atoms with Gasteiger partial charge < -0.3 is 20.1 Å². The van der Waals surface area contributed by atoms with E-state index in [1.54, 1.807) is 38.7 Å². The molecule has 140 valence electrons. The molecule has 4 rings (SSSR count). The van der Waals surface area contributed by atoms with Crippen LogP contribution in [-0.2, 0) is 0 Å². The first-order valence-corrected chi connectivity index (χ1v) is 8.56. The number of rotatable bonds is 6. The first-order chi connectivity index (χ1) is 13.8. The van der Waals surface area contributed by atoms with Gasteiger partial charge in [0.2, 0.25) is 5.95 Å². The zero-order chi connectivity index (χ0) is 19.3. The zero-order valence-corrected chi connectivity index (χ0v) is 15.4. The molecule has 2 N–H and O–H groups in total. The summed E-state index contributed by atoms with van der Waals surface area (Å²) in [4.78, 5) is 8.91. The highest BCUT2D eigenvalue weighted by Crippen LogP contribution is 2.30. The summed E-state index contributed by atoms with van der Waals surface area (Å²) in [5.74, 6) is 2.16. The van der Waals surface area contributed by atoms with Gasteiger partial charge in [-0.3, -0.25) is 4.98 Å². The number of hydrogen-bond donors (Lipinski definition) is 2. The average molecular weight is 374 g/mol. The lowest BCUT2D eigenvalue weighted by atomic mass is 10.2. The van der Waals surface area contributed by atoms with Crippen LogP contribution in [0.2, 0.25) is 0 Å². The van der Waals surface area contributed by atoms with Crippen molar-refractivity contribution in [3.8, 4) is 11.5 Å². The van der Waals surface area contributed by atoms with Gasteiger partial charge >= 0.3 is 0 Å². The lowest BCUT2D eigenvalue weighted by Gasteiger charge is -2.11. The van der Waals surface area contributed by atoms with Crippen LogP contribution in [0.25, 0.3) is 10.9 Å². The van der Waals surface area contributed by atoms with Crippen molar-refractivity contribution in [1.29, 1.82) is 0 Å². The highest BCUT2D eigenvalue weighted by atomic mass is 16.5. The van der Waals surface area contributed by atoms with E-state index in [1.807, 2.05) is 36.4 Å². The maximum Gasteiger partial charge on any atom is 0.249 e. The molecule has 0 unspecified atom stereocenters. The molecule has 0 aliphatic carbocycles. The number of pyridine rings is 1. The Bertz CT molecular complexity index is 1110. The number of benzene rings is 2. The standard InChI is InChI=1S/C20H18N6O2/c1-27-16-9-8-14(11-17(16)28-2)23-20-25-18(12-22-26-20)24-15-7-3-5-13-6-4-10-21-19(13)15/h3-12H,1-2H3,(H2,23,24,25,26). The molecular weight excluding hydrogens is 356 g/mol. The van der Waals surface area contributed by atoms with Gasteiger partial charge in [-0.2, -0.15) is 10.1 Å². The normalized spacial score (nSPS) is 10.5. The second kappa shape index (κ2) is 7.75. The van der Waals surface area contributed by atoms with Crippen LogP contribution in [0.5, 0.6) is 11.5 Å². The number of hydrogen-bond acceptors (Lipinski definition) is 8. The number of fused-ring (bicyclic) bond motifs is 1. The summed E-state index contributed by atoms with van der Waals surface area (Å²) in [5, 5.41) is 15.5. The van der Waals surface area contributed by atoms with Crippen molar-refractivity contribution in [3.63, 3.8) is 0 Å². The van der Waals surface area contributed by atoms with Gasteiger partial charge in [0.15, 0.2) is 17.3 Å². The average Bonchev–Trinajstić information content (AvgIpc) is 2.74. The Morgan fingerprint density at radius 2 is 1.75 bits per heavy atom. The fourth-order valence-corrected chi connectivity index (χ4v) is 2.80. The summed E-state index contributed by atoms with van der Waals surface area (Å²) in [7, 11) is 3.18. The van der Waals surface area contributed by atoms with Gasteiger partial charge in [0.05, 0.1) is 31.6 Å². The first kappa shape index (κ1) is 17.5. The number of ether oxygens (including phenoxy) is 2. The van der Waals surface area contributed by atoms with Crippen molar-refractivity contribution in [2.75, 3.05) is 24.9 Å². The molecule has 0 saturated heterocycles. The summed E-state index contributed by atoms with van der Waals surface area (Å²) in [6.45, 7) is 0. The van der Waals surface area contributed by atoms with Gasteiger partial charge in [-0.05, 0) is 24.3 Å². The highest BCUT2D eigenvalue weighted by Gasteiger charge is 2.08. The molecule has 0 amide bonds. The third kappa shape index (κ3) is 3.61. The van der Waals surface area contributed by atoms with Crippen LogP contribution in [0.1, 0.15) is 0 Å². The molecule has 0 atom stereocenters. The fraction of sp³-hybridized carbons (Fsp3) is 0.100. The maximum absolute atomic E-state index is 5.32. The number of anilines is 4. The lowest BCUT2D eigenvalue weighted by molar-refractivity contribution is 0.355. The number of nitrogens with one attached hydrogen (secondary N) is 2. The molecule has 8 nitrogen and oxygen atoms in total. The van der Waals surface area contributed by atoms with Crippen molar-refractivity contribution >= 4 is 34.0 Å². The highest BCUT2D eigenvalue weighted by molar-refractivity contribution is 5.91. The first-order valence-electron chi connectivity index (χ1n) is 8.56. The van der Waals surface area contributed by atoms with Crippen molar-refractivity contribution in [3.05, 3.63) is 60.9 Å². The van der Waals surface area contributed by atoms with Gasteiger partial charge in [0, 0.05) is 23.3 Å². The van der Waals surface area contributed by atoms with Crippen LogP contribution in [-0.4, -0.2) is 34.4 Å². The van der Waals surface area contributed by atoms with Crippen LogP contribution < -0.4 is 20.1 Å². The Morgan fingerprint density at radius 3 is 2.61 bits per heavy atom. The van der Waals surface area contributed by atoms with Crippen molar-refractivity contribution in [1.82, 2.24) is 20.2 Å². The van der Waals surface area contributed by atoms with E-state index in [1.165, 1.54) is 0 Å². The van der Waals surface area contributed by atoms with E-state index in [0.29, 0.717) is 23.3 Å². The largest absolute Gasteiger partial charge is 0.493 e. The third-order valence-corrected chi connectivity index (χ3v) is 4.09. The van der Waals surface area contributed by atoms with Crippen molar-refractivity contribution < 1.29 is 9.47 Å². The van der Waals surface area contributed by atoms with Gasteiger partial charge in [-0.25, -0.2) is 0 Å². The summed E-state index contributed by atoms with van der Waals surface area (Å²) >= 11 is 0. The molecule has 8 heteroatoms. The molecule has 2 heterocycles. The van der Waals surface area contributed by atoms with Gasteiger partial charge in [-0.15, -0.1) is 5.10 Å². The predicted octanol–water partition coefficient (Wildman–Crippen LogP) is 3.92. The molecule has 4 aromatic rings. The molecule has 28 heavy (non-hydrogen) atoms. The Morgan fingerprint density at radius 1 is 0.893 bits per heavy atom. The van der Waals surface area contributed by atoms with Crippen LogP contribution in [0.4, 0.5) is 23.1 Å². The van der Waals surface area contributed by atoms with E-state index in [0.717, 1.165) is 22.3 Å². The summed E-state index contributed by atoms with van der Waals surface area (Å²) in [6, 6.07) is 15.3. The molecule has 0 fully saturated rings. The SMILES string of the molecule is COc1ccc(Nc2nncc(Nc3cccc4cccnc34)n2)cc1OC. The maximum atomic E-state index is 5.32. The summed E-state index contributed by atoms with van der Waals surface area (Å²) in [6.07, 6.45) is 3.32. The molecule has 0 radical (unpaired) electrons. The van der Waals surface area contributed by atoms with E-state index < -0.39 is 0 Å². The summed E-state index contributed by atoms with van der Waals surface area (Å²) in [5.41, 5.74) is 2.46. The third-order valence-electron chi connectivity index (χ3n) is 4.09.